The molecule has 0 aliphatic heterocycles. The van der Waals surface area contributed by atoms with Gasteiger partial charge in [0, 0.05) is 21.2 Å². The highest BCUT2D eigenvalue weighted by Gasteiger charge is 2.20. The molecular formula is C14H22OS. The smallest absolute Gasteiger partial charge is 0.167 e. The molecule has 0 amide bonds. The average molecular weight is 238 g/mol. The van der Waals surface area contributed by atoms with E-state index in [0.717, 1.165) is 24.8 Å². The lowest BCUT2D eigenvalue weighted by Gasteiger charge is -2.12. The zero-order valence-corrected chi connectivity index (χ0v) is 11.6. The molecule has 0 aliphatic rings. The Morgan fingerprint density at radius 2 is 2.06 bits per heavy atom. The molecule has 1 heterocycles. The van der Waals surface area contributed by atoms with Crippen LogP contribution in [0.2, 0.25) is 0 Å². The summed E-state index contributed by atoms with van der Waals surface area (Å²) in [6.07, 6.45) is 4.34. The normalized spacial score (nSPS) is 12.8. The van der Waals surface area contributed by atoms with E-state index in [2.05, 4.69) is 33.8 Å². The number of carbonyl (C=O) groups is 1. The van der Waals surface area contributed by atoms with E-state index in [-0.39, 0.29) is 5.92 Å². The standard InChI is InChI=1S/C14H22OS/c1-5-7-8-12(6-2)14(15)13-9-10(3)16-11(13)4/h9,12H,5-8H2,1-4H3. The van der Waals surface area contributed by atoms with Gasteiger partial charge in [0.15, 0.2) is 5.78 Å². The van der Waals surface area contributed by atoms with Gasteiger partial charge in [0.2, 0.25) is 0 Å². The van der Waals surface area contributed by atoms with Crippen LogP contribution in [-0.4, -0.2) is 5.78 Å². The van der Waals surface area contributed by atoms with E-state index in [4.69, 9.17) is 0 Å². The topological polar surface area (TPSA) is 17.1 Å². The third-order valence-electron chi connectivity index (χ3n) is 3.08. The molecule has 0 aromatic carbocycles. The molecule has 1 nitrogen and oxygen atoms in total. The molecule has 1 aromatic rings. The third-order valence-corrected chi connectivity index (χ3v) is 4.04. The highest BCUT2D eigenvalue weighted by Crippen LogP contribution is 2.26. The Bertz CT molecular complexity index is 352. The molecule has 0 spiro atoms. The van der Waals surface area contributed by atoms with E-state index in [0.29, 0.717) is 5.78 Å². The molecule has 90 valence electrons. The Morgan fingerprint density at radius 3 is 2.50 bits per heavy atom. The monoisotopic (exact) mass is 238 g/mol. The van der Waals surface area contributed by atoms with Crippen molar-refractivity contribution < 1.29 is 4.79 Å². The van der Waals surface area contributed by atoms with Crippen molar-refractivity contribution in [2.24, 2.45) is 5.92 Å². The van der Waals surface area contributed by atoms with Crippen LogP contribution in [0.5, 0.6) is 0 Å². The predicted molar refractivity (Wildman–Crippen MR) is 71.4 cm³/mol. The highest BCUT2D eigenvalue weighted by atomic mass is 32.1. The molecule has 2 heteroatoms. The summed E-state index contributed by atoms with van der Waals surface area (Å²) in [5, 5.41) is 0. The van der Waals surface area contributed by atoms with Gasteiger partial charge < -0.3 is 0 Å². The van der Waals surface area contributed by atoms with Crippen LogP contribution in [-0.2, 0) is 0 Å². The van der Waals surface area contributed by atoms with Crippen LogP contribution in [0.15, 0.2) is 6.07 Å². The fraction of sp³-hybridized carbons (Fsp3) is 0.643. The summed E-state index contributed by atoms with van der Waals surface area (Å²) in [6, 6.07) is 2.05. The van der Waals surface area contributed by atoms with Crippen LogP contribution < -0.4 is 0 Å². The average Bonchev–Trinajstić information content (AvgIpc) is 2.58. The van der Waals surface area contributed by atoms with Crippen LogP contribution in [0.25, 0.3) is 0 Å². The molecule has 0 fully saturated rings. The summed E-state index contributed by atoms with van der Waals surface area (Å²) < 4.78 is 0. The maximum absolute atomic E-state index is 12.3. The number of ketones is 1. The van der Waals surface area contributed by atoms with Crippen LogP contribution >= 0.6 is 11.3 Å². The number of carbonyl (C=O) groups excluding carboxylic acids is 1. The summed E-state index contributed by atoms with van der Waals surface area (Å²) in [6.45, 7) is 8.42. The third kappa shape index (κ3) is 3.18. The van der Waals surface area contributed by atoms with Crippen molar-refractivity contribution in [3.63, 3.8) is 0 Å². The Labute approximate surface area is 103 Å². The summed E-state index contributed by atoms with van der Waals surface area (Å²) in [4.78, 5) is 14.7. The van der Waals surface area contributed by atoms with Gasteiger partial charge in [-0.3, -0.25) is 4.79 Å². The first-order chi connectivity index (χ1) is 7.60. The fourth-order valence-corrected chi connectivity index (χ4v) is 3.00. The minimum absolute atomic E-state index is 0.229. The predicted octanol–water partition coefficient (Wildman–Crippen LogP) is 4.76. The lowest BCUT2D eigenvalue weighted by atomic mass is 9.91. The summed E-state index contributed by atoms with van der Waals surface area (Å²) in [7, 11) is 0. The van der Waals surface area contributed by atoms with Gasteiger partial charge in [-0.25, -0.2) is 0 Å². The molecule has 1 aromatic heterocycles. The van der Waals surface area contributed by atoms with Crippen molar-refractivity contribution in [1.82, 2.24) is 0 Å². The first-order valence-electron chi connectivity index (χ1n) is 6.21. The molecule has 1 unspecified atom stereocenters. The van der Waals surface area contributed by atoms with E-state index in [1.165, 1.54) is 16.2 Å². The second-order valence-corrected chi connectivity index (χ2v) is 5.90. The number of hydrogen-bond acceptors (Lipinski definition) is 2. The number of Topliss-reactive ketones (excluding diaryl/α,β-unsaturated/α-hetero) is 1. The maximum Gasteiger partial charge on any atom is 0.167 e. The number of rotatable bonds is 6. The highest BCUT2D eigenvalue weighted by molar-refractivity contribution is 7.12. The molecule has 0 saturated heterocycles. The van der Waals surface area contributed by atoms with Crippen molar-refractivity contribution in [3.05, 3.63) is 21.4 Å². The molecular weight excluding hydrogens is 216 g/mol. The van der Waals surface area contributed by atoms with Gasteiger partial charge in [0.25, 0.3) is 0 Å². The van der Waals surface area contributed by atoms with Gasteiger partial charge in [-0.05, 0) is 32.8 Å². The Hall–Kier alpha value is -0.630. The number of thiophene rings is 1. The summed E-state index contributed by atoms with van der Waals surface area (Å²) in [5.41, 5.74) is 0.963. The molecule has 0 saturated carbocycles. The van der Waals surface area contributed by atoms with Crippen LogP contribution in [0.4, 0.5) is 0 Å². The van der Waals surface area contributed by atoms with E-state index in [1.54, 1.807) is 11.3 Å². The maximum atomic E-state index is 12.3. The second kappa shape index (κ2) is 6.19. The van der Waals surface area contributed by atoms with Gasteiger partial charge in [-0.1, -0.05) is 26.7 Å². The molecule has 1 rings (SSSR count). The first kappa shape index (κ1) is 13.4. The molecule has 0 N–H and O–H groups in total. The molecule has 16 heavy (non-hydrogen) atoms. The minimum Gasteiger partial charge on any atom is -0.294 e. The van der Waals surface area contributed by atoms with Gasteiger partial charge >= 0.3 is 0 Å². The Morgan fingerprint density at radius 1 is 1.38 bits per heavy atom. The lowest BCUT2D eigenvalue weighted by molar-refractivity contribution is 0.0908. The van der Waals surface area contributed by atoms with Crippen molar-refractivity contribution in [1.29, 1.82) is 0 Å². The van der Waals surface area contributed by atoms with E-state index in [9.17, 15) is 4.79 Å². The van der Waals surface area contributed by atoms with Crippen LogP contribution in [0, 0.1) is 19.8 Å². The van der Waals surface area contributed by atoms with Crippen molar-refractivity contribution in [2.75, 3.05) is 0 Å². The number of aryl methyl sites for hydroxylation is 2. The zero-order valence-electron chi connectivity index (χ0n) is 10.8. The van der Waals surface area contributed by atoms with E-state index in [1.807, 2.05) is 0 Å². The minimum atomic E-state index is 0.229. The van der Waals surface area contributed by atoms with Gasteiger partial charge in [-0.2, -0.15) is 0 Å². The number of hydrogen-bond donors (Lipinski definition) is 0. The second-order valence-electron chi connectivity index (χ2n) is 4.44. The molecule has 0 aliphatic carbocycles. The zero-order chi connectivity index (χ0) is 12.1. The van der Waals surface area contributed by atoms with Gasteiger partial charge in [-0.15, -0.1) is 11.3 Å². The summed E-state index contributed by atoms with van der Waals surface area (Å²) in [5.74, 6) is 0.588. The van der Waals surface area contributed by atoms with Gasteiger partial charge in [0.1, 0.15) is 0 Å². The lowest BCUT2D eigenvalue weighted by Crippen LogP contribution is -2.14. The van der Waals surface area contributed by atoms with E-state index >= 15 is 0 Å². The molecule has 0 radical (unpaired) electrons. The van der Waals surface area contributed by atoms with Crippen molar-refractivity contribution in [2.45, 2.75) is 53.4 Å². The Balaban J connectivity index is 2.78. The van der Waals surface area contributed by atoms with Crippen molar-refractivity contribution >= 4 is 17.1 Å². The molecule has 0 bridgehead atoms. The van der Waals surface area contributed by atoms with E-state index < -0.39 is 0 Å². The van der Waals surface area contributed by atoms with Crippen LogP contribution in [0.3, 0.4) is 0 Å². The molecule has 1 atom stereocenters. The van der Waals surface area contributed by atoms with Gasteiger partial charge in [0.05, 0.1) is 0 Å². The first-order valence-corrected chi connectivity index (χ1v) is 7.03. The largest absolute Gasteiger partial charge is 0.294 e. The van der Waals surface area contributed by atoms with Crippen LogP contribution in [0.1, 0.15) is 59.6 Å². The van der Waals surface area contributed by atoms with Crippen molar-refractivity contribution in [3.8, 4) is 0 Å². The number of unbranched alkanes of at least 4 members (excludes halogenated alkanes) is 1. The Kier molecular flexibility index (Phi) is 5.20. The summed E-state index contributed by atoms with van der Waals surface area (Å²) >= 11 is 1.73. The fourth-order valence-electron chi connectivity index (χ4n) is 2.07. The quantitative estimate of drug-likeness (QED) is 0.653. The SMILES string of the molecule is CCCCC(CC)C(=O)c1cc(C)sc1C.